The Bertz CT molecular complexity index is 1100. The van der Waals surface area contributed by atoms with Crippen LogP contribution in [0.2, 0.25) is 0 Å². The number of aromatic amines is 1. The van der Waals surface area contributed by atoms with Crippen molar-refractivity contribution in [1.82, 2.24) is 10.3 Å². The number of nitrogens with one attached hydrogen (secondary N) is 2. The number of rotatable bonds is 7. The highest BCUT2D eigenvalue weighted by atomic mass is 16.5. The molecule has 5 nitrogen and oxygen atoms in total. The number of benzene rings is 3. The van der Waals surface area contributed by atoms with Crippen molar-refractivity contribution in [3.05, 3.63) is 95.7 Å². The van der Waals surface area contributed by atoms with E-state index in [-0.39, 0.29) is 5.91 Å². The van der Waals surface area contributed by atoms with Crippen LogP contribution in [-0.4, -0.2) is 18.0 Å². The highest BCUT2D eigenvalue weighted by molar-refractivity contribution is 5.98. The Kier molecular flexibility index (Phi) is 5.47. The lowest BCUT2D eigenvalue weighted by atomic mass is 10.2. The van der Waals surface area contributed by atoms with Gasteiger partial charge < -0.3 is 19.8 Å². The maximum Gasteiger partial charge on any atom is 0.267 e. The molecule has 0 aliphatic rings. The first-order valence-electron chi connectivity index (χ1n) is 9.42. The van der Waals surface area contributed by atoms with E-state index < -0.39 is 0 Å². The van der Waals surface area contributed by atoms with Crippen molar-refractivity contribution in [2.45, 2.75) is 13.2 Å². The number of fused-ring (bicyclic) bond motifs is 1. The van der Waals surface area contributed by atoms with Crippen molar-refractivity contribution in [1.29, 1.82) is 0 Å². The highest BCUT2D eigenvalue weighted by Crippen LogP contribution is 2.22. The number of carbonyl (C=O) groups excluding carboxylic acids is 1. The minimum absolute atomic E-state index is 0.149. The van der Waals surface area contributed by atoms with Crippen LogP contribution < -0.4 is 14.8 Å². The normalized spacial score (nSPS) is 10.7. The van der Waals surface area contributed by atoms with Gasteiger partial charge in [-0.25, -0.2) is 0 Å². The molecule has 0 saturated carbocycles. The molecule has 0 aliphatic heterocycles. The molecule has 0 bridgehead atoms. The fourth-order valence-electron chi connectivity index (χ4n) is 3.08. The number of methoxy groups -OCH3 is 1. The fraction of sp³-hybridized carbons (Fsp3) is 0.125. The first kappa shape index (κ1) is 18.6. The summed E-state index contributed by atoms with van der Waals surface area (Å²) in [4.78, 5) is 15.7. The minimum atomic E-state index is -0.149. The molecule has 0 fully saturated rings. The molecule has 0 spiro atoms. The molecule has 146 valence electrons. The van der Waals surface area contributed by atoms with Gasteiger partial charge in [0.1, 0.15) is 23.8 Å². The van der Waals surface area contributed by atoms with Crippen LogP contribution in [0.1, 0.15) is 21.6 Å². The maximum absolute atomic E-state index is 12.5. The Hall–Kier alpha value is -3.73. The number of hydrogen-bond acceptors (Lipinski definition) is 3. The molecule has 0 saturated heterocycles. The van der Waals surface area contributed by atoms with Gasteiger partial charge in [0.15, 0.2) is 0 Å². The molecule has 1 amide bonds. The Morgan fingerprint density at radius 2 is 1.66 bits per heavy atom. The van der Waals surface area contributed by atoms with E-state index in [2.05, 4.69) is 10.3 Å². The number of carbonyl (C=O) groups is 1. The average Bonchev–Trinajstić information content (AvgIpc) is 3.20. The van der Waals surface area contributed by atoms with Gasteiger partial charge in [0.25, 0.3) is 5.91 Å². The number of aromatic nitrogens is 1. The SMILES string of the molecule is COc1ccc(CNC(=O)c2cc3ccc(OCc4ccccc4)cc3[nH]2)cc1. The average molecular weight is 386 g/mol. The number of H-pyrrole nitrogens is 1. The third-order valence-electron chi connectivity index (χ3n) is 4.70. The van der Waals surface area contributed by atoms with Crippen LogP contribution in [0.5, 0.6) is 11.5 Å². The van der Waals surface area contributed by atoms with Crippen LogP contribution in [-0.2, 0) is 13.2 Å². The molecule has 5 heteroatoms. The van der Waals surface area contributed by atoms with Gasteiger partial charge in [-0.3, -0.25) is 4.79 Å². The van der Waals surface area contributed by atoms with Crippen molar-refractivity contribution in [2.24, 2.45) is 0 Å². The second kappa shape index (κ2) is 8.52. The zero-order valence-electron chi connectivity index (χ0n) is 16.1. The summed E-state index contributed by atoms with van der Waals surface area (Å²) in [6, 6.07) is 25.3. The third-order valence-corrected chi connectivity index (χ3v) is 4.70. The van der Waals surface area contributed by atoms with Crippen LogP contribution >= 0.6 is 0 Å². The van der Waals surface area contributed by atoms with Crippen LogP contribution in [0.25, 0.3) is 10.9 Å². The Morgan fingerprint density at radius 3 is 2.41 bits per heavy atom. The molecule has 1 heterocycles. The summed E-state index contributed by atoms with van der Waals surface area (Å²) in [5.74, 6) is 1.40. The quantitative estimate of drug-likeness (QED) is 0.484. The van der Waals surface area contributed by atoms with Crippen molar-refractivity contribution >= 4 is 16.8 Å². The van der Waals surface area contributed by atoms with Gasteiger partial charge in [-0.2, -0.15) is 0 Å². The lowest BCUT2D eigenvalue weighted by molar-refractivity contribution is 0.0946. The standard InChI is InChI=1S/C24H22N2O3/c1-28-20-10-7-17(8-11-20)15-25-24(27)23-13-19-9-12-21(14-22(19)26-23)29-16-18-5-3-2-4-6-18/h2-14,26H,15-16H2,1H3,(H,25,27). The first-order valence-corrected chi connectivity index (χ1v) is 9.42. The van der Waals surface area contributed by atoms with E-state index in [1.807, 2.05) is 78.9 Å². The largest absolute Gasteiger partial charge is 0.497 e. The minimum Gasteiger partial charge on any atom is -0.497 e. The second-order valence-electron chi connectivity index (χ2n) is 6.74. The Labute approximate surface area is 169 Å². The smallest absolute Gasteiger partial charge is 0.267 e. The maximum atomic E-state index is 12.5. The summed E-state index contributed by atoms with van der Waals surface area (Å²) in [7, 11) is 1.63. The molecule has 0 aliphatic carbocycles. The Balaban J connectivity index is 1.40. The molecular weight excluding hydrogens is 364 g/mol. The highest BCUT2D eigenvalue weighted by Gasteiger charge is 2.10. The third kappa shape index (κ3) is 4.58. The van der Waals surface area contributed by atoms with E-state index in [0.29, 0.717) is 18.8 Å². The van der Waals surface area contributed by atoms with Gasteiger partial charge in [-0.1, -0.05) is 42.5 Å². The molecule has 3 aromatic carbocycles. The van der Waals surface area contributed by atoms with E-state index >= 15 is 0 Å². The summed E-state index contributed by atoms with van der Waals surface area (Å²) in [6.45, 7) is 0.950. The van der Waals surface area contributed by atoms with Crippen LogP contribution in [0.4, 0.5) is 0 Å². The predicted octanol–water partition coefficient (Wildman–Crippen LogP) is 4.69. The van der Waals surface area contributed by atoms with Crippen LogP contribution in [0.15, 0.2) is 78.9 Å². The summed E-state index contributed by atoms with van der Waals surface area (Å²) >= 11 is 0. The lowest BCUT2D eigenvalue weighted by Crippen LogP contribution is -2.22. The predicted molar refractivity (Wildman–Crippen MR) is 113 cm³/mol. The molecule has 1 aromatic heterocycles. The first-order chi connectivity index (χ1) is 14.2. The Morgan fingerprint density at radius 1 is 0.897 bits per heavy atom. The molecule has 0 unspecified atom stereocenters. The molecule has 2 N–H and O–H groups in total. The molecule has 29 heavy (non-hydrogen) atoms. The van der Waals surface area contributed by atoms with Gasteiger partial charge in [-0.05, 0) is 41.5 Å². The number of amides is 1. The summed E-state index contributed by atoms with van der Waals surface area (Å²) in [6.07, 6.45) is 0. The van der Waals surface area contributed by atoms with Gasteiger partial charge in [0, 0.05) is 23.5 Å². The molecule has 4 aromatic rings. The number of hydrogen-bond donors (Lipinski definition) is 2. The zero-order valence-corrected chi connectivity index (χ0v) is 16.1. The molecule has 0 atom stereocenters. The van der Waals surface area contributed by atoms with E-state index in [1.54, 1.807) is 7.11 Å². The van der Waals surface area contributed by atoms with Crippen molar-refractivity contribution in [3.8, 4) is 11.5 Å². The van der Waals surface area contributed by atoms with Crippen molar-refractivity contribution in [2.75, 3.05) is 7.11 Å². The van der Waals surface area contributed by atoms with Crippen LogP contribution in [0.3, 0.4) is 0 Å². The summed E-state index contributed by atoms with van der Waals surface area (Å²) in [5, 5.41) is 3.90. The van der Waals surface area contributed by atoms with Crippen LogP contribution in [0, 0.1) is 0 Å². The molecule has 0 radical (unpaired) electrons. The van der Waals surface area contributed by atoms with E-state index in [0.717, 1.165) is 33.5 Å². The summed E-state index contributed by atoms with van der Waals surface area (Å²) < 4.78 is 11.0. The number of ether oxygens (including phenoxy) is 2. The zero-order chi connectivity index (χ0) is 20.1. The van der Waals surface area contributed by atoms with Gasteiger partial charge in [-0.15, -0.1) is 0 Å². The van der Waals surface area contributed by atoms with Gasteiger partial charge in [0.05, 0.1) is 7.11 Å². The van der Waals surface area contributed by atoms with Gasteiger partial charge >= 0.3 is 0 Å². The van der Waals surface area contributed by atoms with Gasteiger partial charge in [0.2, 0.25) is 0 Å². The lowest BCUT2D eigenvalue weighted by Gasteiger charge is -2.06. The topological polar surface area (TPSA) is 63.4 Å². The van der Waals surface area contributed by atoms with E-state index in [9.17, 15) is 4.79 Å². The molecule has 4 rings (SSSR count). The second-order valence-corrected chi connectivity index (χ2v) is 6.74. The monoisotopic (exact) mass is 386 g/mol. The van der Waals surface area contributed by atoms with E-state index in [1.165, 1.54) is 0 Å². The fourth-order valence-corrected chi connectivity index (χ4v) is 3.08. The van der Waals surface area contributed by atoms with E-state index in [4.69, 9.17) is 9.47 Å². The van der Waals surface area contributed by atoms with Crippen molar-refractivity contribution in [3.63, 3.8) is 0 Å². The van der Waals surface area contributed by atoms with Crippen molar-refractivity contribution < 1.29 is 14.3 Å². The summed E-state index contributed by atoms with van der Waals surface area (Å²) in [5.41, 5.74) is 3.50. The molecular formula is C24H22N2O3.